The summed E-state index contributed by atoms with van der Waals surface area (Å²) in [6.45, 7) is 3.78. The Bertz CT molecular complexity index is 1060. The molecule has 0 radical (unpaired) electrons. The quantitative estimate of drug-likeness (QED) is 0.835. The summed E-state index contributed by atoms with van der Waals surface area (Å²) in [5.41, 5.74) is 5.19. The van der Waals surface area contributed by atoms with Crippen LogP contribution < -0.4 is 14.4 Å². The van der Waals surface area contributed by atoms with E-state index in [0.717, 1.165) is 30.2 Å². The summed E-state index contributed by atoms with van der Waals surface area (Å²) in [6.07, 6.45) is 3.61. The highest BCUT2D eigenvalue weighted by Gasteiger charge is 2.35. The number of hydrogen-bond acceptors (Lipinski definition) is 4. The van der Waals surface area contributed by atoms with Gasteiger partial charge in [-0.15, -0.1) is 0 Å². The van der Waals surface area contributed by atoms with Crippen molar-refractivity contribution in [2.24, 2.45) is 0 Å². The van der Waals surface area contributed by atoms with Crippen LogP contribution in [-0.4, -0.2) is 33.2 Å². The van der Waals surface area contributed by atoms with E-state index >= 15 is 0 Å². The molecule has 0 saturated carbocycles. The second-order valence-electron chi connectivity index (χ2n) is 7.98. The average Bonchev–Trinajstić information content (AvgIpc) is 3.14. The number of aryl methyl sites for hydroxylation is 3. The zero-order chi connectivity index (χ0) is 20.8. The number of sulfonamides is 1. The smallest absolute Gasteiger partial charge is 0.263 e. The van der Waals surface area contributed by atoms with Crippen LogP contribution in [-0.2, 0) is 27.7 Å². The van der Waals surface area contributed by atoms with Gasteiger partial charge in [0.25, 0.3) is 5.91 Å². The maximum absolute atomic E-state index is 12.9. The van der Waals surface area contributed by atoms with Crippen LogP contribution in [0.4, 0.5) is 5.69 Å². The molecule has 7 heteroatoms. The van der Waals surface area contributed by atoms with Gasteiger partial charge in [-0.1, -0.05) is 24.3 Å². The Morgan fingerprint density at radius 3 is 2.69 bits per heavy atom. The van der Waals surface area contributed by atoms with Crippen LogP contribution in [0.1, 0.15) is 41.6 Å². The van der Waals surface area contributed by atoms with E-state index in [9.17, 15) is 13.2 Å². The highest BCUT2D eigenvalue weighted by Crippen LogP contribution is 2.36. The molecule has 1 N–H and O–H groups in total. The SMILES string of the molecule is Cc1ccc2c(c1)N(S(C)(=O)=O)C[C@@H](C(=O)N[C@H](C)c1ccc3c(c1)CCC3)O2. The van der Waals surface area contributed by atoms with Gasteiger partial charge in [0, 0.05) is 0 Å². The monoisotopic (exact) mass is 414 g/mol. The fourth-order valence-electron chi connectivity index (χ4n) is 4.06. The highest BCUT2D eigenvalue weighted by atomic mass is 32.2. The van der Waals surface area contributed by atoms with Crippen molar-refractivity contribution in [1.29, 1.82) is 0 Å². The lowest BCUT2D eigenvalue weighted by Gasteiger charge is -2.34. The Hall–Kier alpha value is -2.54. The first-order chi connectivity index (χ1) is 13.7. The number of amides is 1. The Labute approximate surface area is 171 Å². The largest absolute Gasteiger partial charge is 0.476 e. The molecule has 0 bridgehead atoms. The third kappa shape index (κ3) is 3.96. The van der Waals surface area contributed by atoms with E-state index in [4.69, 9.17) is 4.74 Å². The maximum Gasteiger partial charge on any atom is 0.263 e. The van der Waals surface area contributed by atoms with Gasteiger partial charge in [0.15, 0.2) is 6.10 Å². The van der Waals surface area contributed by atoms with Crippen LogP contribution in [0.5, 0.6) is 5.75 Å². The summed E-state index contributed by atoms with van der Waals surface area (Å²) < 4.78 is 31.8. The Morgan fingerprint density at radius 2 is 1.93 bits per heavy atom. The molecule has 1 heterocycles. The van der Waals surface area contributed by atoms with Gasteiger partial charge in [-0.2, -0.15) is 0 Å². The van der Waals surface area contributed by atoms with E-state index in [-0.39, 0.29) is 18.5 Å². The molecule has 0 fully saturated rings. The van der Waals surface area contributed by atoms with Gasteiger partial charge in [0.2, 0.25) is 10.0 Å². The van der Waals surface area contributed by atoms with Gasteiger partial charge in [0.1, 0.15) is 5.75 Å². The Balaban J connectivity index is 1.53. The summed E-state index contributed by atoms with van der Waals surface area (Å²) in [4.78, 5) is 12.9. The van der Waals surface area contributed by atoms with Gasteiger partial charge in [0.05, 0.1) is 24.5 Å². The molecule has 0 unspecified atom stereocenters. The van der Waals surface area contributed by atoms with Crippen molar-refractivity contribution in [3.05, 3.63) is 58.7 Å². The number of fused-ring (bicyclic) bond motifs is 2. The first-order valence-electron chi connectivity index (χ1n) is 9.89. The van der Waals surface area contributed by atoms with E-state index < -0.39 is 16.1 Å². The Kier molecular flexibility index (Phi) is 5.02. The predicted molar refractivity (Wildman–Crippen MR) is 113 cm³/mol. The highest BCUT2D eigenvalue weighted by molar-refractivity contribution is 7.92. The Morgan fingerprint density at radius 1 is 1.17 bits per heavy atom. The first kappa shape index (κ1) is 19.8. The third-order valence-electron chi connectivity index (χ3n) is 5.66. The lowest BCUT2D eigenvalue weighted by Crippen LogP contribution is -2.50. The molecule has 0 spiro atoms. The molecule has 2 aromatic rings. The summed E-state index contributed by atoms with van der Waals surface area (Å²) in [5, 5.41) is 2.99. The van der Waals surface area contributed by atoms with Crippen molar-refractivity contribution in [2.45, 2.75) is 45.3 Å². The van der Waals surface area contributed by atoms with Crippen molar-refractivity contribution < 1.29 is 17.9 Å². The number of rotatable bonds is 4. The number of nitrogens with zero attached hydrogens (tertiary/aromatic N) is 1. The van der Waals surface area contributed by atoms with Gasteiger partial charge >= 0.3 is 0 Å². The topological polar surface area (TPSA) is 75.7 Å². The summed E-state index contributed by atoms with van der Waals surface area (Å²) in [7, 11) is -3.54. The summed E-state index contributed by atoms with van der Waals surface area (Å²) in [6, 6.07) is 11.5. The normalized spacial score (nSPS) is 19.1. The second-order valence-corrected chi connectivity index (χ2v) is 9.89. The molecule has 4 rings (SSSR count). The number of carbonyl (C=O) groups is 1. The molecule has 1 aliphatic heterocycles. The zero-order valence-corrected chi connectivity index (χ0v) is 17.8. The molecular formula is C22H26N2O4S. The van der Waals surface area contributed by atoms with Crippen LogP contribution in [0.25, 0.3) is 0 Å². The standard InChI is InChI=1S/C22H26N2O4S/c1-14-7-10-20-19(11-14)24(29(3,26)27)13-21(28-20)22(25)23-15(2)17-9-8-16-5-4-6-18(16)12-17/h7-12,15,21H,4-6,13H2,1-3H3,(H,23,25)/t15-,21+/m1/s1. The average molecular weight is 415 g/mol. The van der Waals surface area contributed by atoms with Crippen molar-refractivity contribution >= 4 is 21.6 Å². The van der Waals surface area contributed by atoms with Gasteiger partial charge in [-0.25, -0.2) is 8.42 Å². The minimum Gasteiger partial charge on any atom is -0.476 e. The zero-order valence-electron chi connectivity index (χ0n) is 16.9. The molecular weight excluding hydrogens is 388 g/mol. The van der Waals surface area contributed by atoms with Crippen LogP contribution in [0, 0.1) is 6.92 Å². The van der Waals surface area contributed by atoms with Crippen molar-refractivity contribution in [1.82, 2.24) is 5.32 Å². The van der Waals surface area contributed by atoms with Gasteiger partial charge in [-0.05, 0) is 67.5 Å². The van der Waals surface area contributed by atoms with E-state index in [2.05, 4.69) is 23.5 Å². The lowest BCUT2D eigenvalue weighted by molar-refractivity contribution is -0.128. The number of benzene rings is 2. The third-order valence-corrected chi connectivity index (χ3v) is 6.80. The minimum atomic E-state index is -3.54. The van der Waals surface area contributed by atoms with Crippen LogP contribution in [0.3, 0.4) is 0 Å². The van der Waals surface area contributed by atoms with Crippen LogP contribution in [0.15, 0.2) is 36.4 Å². The lowest BCUT2D eigenvalue weighted by atomic mass is 10.0. The summed E-state index contributed by atoms with van der Waals surface area (Å²) in [5.74, 6) is 0.0792. The van der Waals surface area contributed by atoms with Crippen molar-refractivity contribution in [2.75, 3.05) is 17.1 Å². The molecule has 2 aliphatic rings. The van der Waals surface area contributed by atoms with Crippen molar-refractivity contribution in [3.8, 4) is 5.75 Å². The van der Waals surface area contributed by atoms with Crippen LogP contribution >= 0.6 is 0 Å². The molecule has 2 aromatic carbocycles. The molecule has 0 aromatic heterocycles. The van der Waals surface area contributed by atoms with Crippen LogP contribution in [0.2, 0.25) is 0 Å². The molecule has 29 heavy (non-hydrogen) atoms. The van der Waals surface area contributed by atoms with Crippen molar-refractivity contribution in [3.63, 3.8) is 0 Å². The van der Waals surface area contributed by atoms with Gasteiger partial charge < -0.3 is 10.1 Å². The predicted octanol–water partition coefficient (Wildman–Crippen LogP) is 2.89. The first-order valence-corrected chi connectivity index (χ1v) is 11.7. The molecule has 2 atom stereocenters. The number of carbonyl (C=O) groups excluding carboxylic acids is 1. The molecule has 154 valence electrons. The molecule has 0 saturated heterocycles. The molecule has 1 amide bonds. The van der Waals surface area contributed by atoms with E-state index in [1.54, 1.807) is 12.1 Å². The van der Waals surface area contributed by atoms with Gasteiger partial charge in [-0.3, -0.25) is 9.10 Å². The minimum absolute atomic E-state index is 0.0436. The number of hydrogen-bond donors (Lipinski definition) is 1. The fraction of sp³-hybridized carbons (Fsp3) is 0.409. The number of nitrogens with one attached hydrogen (secondary N) is 1. The maximum atomic E-state index is 12.9. The number of anilines is 1. The molecule has 1 aliphatic carbocycles. The number of ether oxygens (including phenoxy) is 1. The molecule has 6 nitrogen and oxygen atoms in total. The van der Waals surface area contributed by atoms with E-state index in [1.165, 1.54) is 21.9 Å². The van der Waals surface area contributed by atoms with E-state index in [0.29, 0.717) is 11.4 Å². The van der Waals surface area contributed by atoms with E-state index in [1.807, 2.05) is 19.9 Å². The summed E-state index contributed by atoms with van der Waals surface area (Å²) >= 11 is 0. The second kappa shape index (κ2) is 7.37. The fourth-order valence-corrected chi connectivity index (χ4v) is 4.97.